The summed E-state index contributed by atoms with van der Waals surface area (Å²) in [6, 6.07) is 0. The quantitative estimate of drug-likeness (QED) is 0.504. The minimum atomic E-state index is 0.0315. The average Bonchev–Trinajstić information content (AvgIpc) is 2.05. The first kappa shape index (κ1) is 9.13. The molecular weight excluding hydrogens is 156 g/mol. The standard InChI is InChI=1S/C9H12O3/c1-7-2-3-8(10)5-12-6-9(11)4-7/h2H,3-6H2,1H3/b7-2-. The molecular formula is C9H12O3. The lowest BCUT2D eigenvalue weighted by Gasteiger charge is -1.98. The minimum absolute atomic E-state index is 0.0315. The second-order valence-electron chi connectivity index (χ2n) is 3.00. The Labute approximate surface area is 71.4 Å². The van der Waals surface area contributed by atoms with E-state index < -0.39 is 0 Å². The molecule has 1 rings (SSSR count). The fourth-order valence-corrected chi connectivity index (χ4v) is 1.06. The minimum Gasteiger partial charge on any atom is -0.366 e. The van der Waals surface area contributed by atoms with E-state index in [0.29, 0.717) is 12.8 Å². The molecule has 12 heavy (non-hydrogen) atoms. The smallest absolute Gasteiger partial charge is 0.162 e. The molecule has 0 unspecified atom stereocenters. The van der Waals surface area contributed by atoms with E-state index in [2.05, 4.69) is 0 Å². The van der Waals surface area contributed by atoms with Crippen molar-refractivity contribution >= 4 is 11.6 Å². The first-order valence-corrected chi connectivity index (χ1v) is 3.95. The topological polar surface area (TPSA) is 43.4 Å². The van der Waals surface area contributed by atoms with Crippen LogP contribution in [0.15, 0.2) is 11.6 Å². The highest BCUT2D eigenvalue weighted by Gasteiger charge is 2.08. The fourth-order valence-electron chi connectivity index (χ4n) is 1.06. The van der Waals surface area contributed by atoms with Gasteiger partial charge in [0.25, 0.3) is 0 Å². The molecule has 0 aromatic carbocycles. The van der Waals surface area contributed by atoms with Crippen molar-refractivity contribution in [3.63, 3.8) is 0 Å². The SMILES string of the molecule is C/C1=C/CC(=O)COCC(=O)C1. The Kier molecular flexibility index (Phi) is 3.17. The van der Waals surface area contributed by atoms with Gasteiger partial charge < -0.3 is 4.74 Å². The lowest BCUT2D eigenvalue weighted by Crippen LogP contribution is -2.12. The van der Waals surface area contributed by atoms with Crippen LogP contribution in [-0.4, -0.2) is 24.8 Å². The third-order valence-electron chi connectivity index (χ3n) is 1.68. The van der Waals surface area contributed by atoms with Gasteiger partial charge in [0.2, 0.25) is 0 Å². The van der Waals surface area contributed by atoms with Crippen LogP contribution in [0.25, 0.3) is 0 Å². The van der Waals surface area contributed by atoms with E-state index in [9.17, 15) is 9.59 Å². The van der Waals surface area contributed by atoms with Crippen molar-refractivity contribution in [2.75, 3.05) is 13.2 Å². The molecule has 0 saturated carbocycles. The number of ether oxygens (including phenoxy) is 1. The highest BCUT2D eigenvalue weighted by molar-refractivity contribution is 5.85. The van der Waals surface area contributed by atoms with Gasteiger partial charge >= 0.3 is 0 Å². The maximum Gasteiger partial charge on any atom is 0.162 e. The lowest BCUT2D eigenvalue weighted by atomic mass is 10.1. The van der Waals surface area contributed by atoms with E-state index in [1.807, 2.05) is 6.92 Å². The number of hydrogen-bond donors (Lipinski definition) is 0. The molecule has 3 heteroatoms. The Morgan fingerprint density at radius 3 is 2.67 bits per heavy atom. The van der Waals surface area contributed by atoms with E-state index in [1.54, 1.807) is 6.08 Å². The first-order chi connectivity index (χ1) is 5.68. The number of hydrogen-bond acceptors (Lipinski definition) is 3. The van der Waals surface area contributed by atoms with Crippen LogP contribution < -0.4 is 0 Å². The van der Waals surface area contributed by atoms with Crippen LogP contribution in [0.4, 0.5) is 0 Å². The number of carbonyl (C=O) groups excluding carboxylic acids is 2. The van der Waals surface area contributed by atoms with Crippen molar-refractivity contribution < 1.29 is 14.3 Å². The zero-order chi connectivity index (χ0) is 8.97. The summed E-state index contributed by atoms with van der Waals surface area (Å²) in [5.41, 5.74) is 0.957. The summed E-state index contributed by atoms with van der Waals surface area (Å²) in [5, 5.41) is 0. The van der Waals surface area contributed by atoms with Gasteiger partial charge in [-0.2, -0.15) is 0 Å². The summed E-state index contributed by atoms with van der Waals surface area (Å²) in [5.74, 6) is 0.0718. The van der Waals surface area contributed by atoms with Gasteiger partial charge in [0.15, 0.2) is 11.6 Å². The largest absolute Gasteiger partial charge is 0.366 e. The van der Waals surface area contributed by atoms with Crippen molar-refractivity contribution in [2.24, 2.45) is 0 Å². The second kappa shape index (κ2) is 4.16. The molecule has 0 bridgehead atoms. The molecule has 0 atom stereocenters. The van der Waals surface area contributed by atoms with Crippen molar-refractivity contribution in [3.8, 4) is 0 Å². The molecule has 1 aliphatic rings. The molecule has 66 valence electrons. The fraction of sp³-hybridized carbons (Fsp3) is 0.556. The van der Waals surface area contributed by atoms with Crippen LogP contribution >= 0.6 is 0 Å². The van der Waals surface area contributed by atoms with Gasteiger partial charge in [0, 0.05) is 12.8 Å². The molecule has 3 nitrogen and oxygen atoms in total. The predicted molar refractivity (Wildman–Crippen MR) is 43.8 cm³/mol. The van der Waals surface area contributed by atoms with Gasteiger partial charge in [0.1, 0.15) is 13.2 Å². The summed E-state index contributed by atoms with van der Waals surface area (Å²) in [6.07, 6.45) is 2.60. The number of allylic oxidation sites excluding steroid dienone is 2. The second-order valence-corrected chi connectivity index (χ2v) is 3.00. The zero-order valence-electron chi connectivity index (χ0n) is 7.13. The van der Waals surface area contributed by atoms with E-state index in [4.69, 9.17) is 4.74 Å². The molecule has 0 aliphatic carbocycles. The molecule has 0 N–H and O–H groups in total. The number of ketones is 2. The van der Waals surface area contributed by atoms with Gasteiger partial charge in [-0.3, -0.25) is 9.59 Å². The van der Waals surface area contributed by atoms with Crippen LogP contribution in [0.2, 0.25) is 0 Å². The van der Waals surface area contributed by atoms with Crippen LogP contribution in [0.3, 0.4) is 0 Å². The van der Waals surface area contributed by atoms with E-state index in [1.165, 1.54) is 0 Å². The molecule has 1 heterocycles. The Hall–Kier alpha value is -0.960. The average molecular weight is 168 g/mol. The van der Waals surface area contributed by atoms with Gasteiger partial charge in [-0.25, -0.2) is 0 Å². The third kappa shape index (κ3) is 2.96. The summed E-state index contributed by atoms with van der Waals surface area (Å²) in [6.45, 7) is 1.99. The highest BCUT2D eigenvalue weighted by atomic mass is 16.5. The zero-order valence-corrected chi connectivity index (χ0v) is 7.13. The maximum atomic E-state index is 11.0. The van der Waals surface area contributed by atoms with Crippen LogP contribution in [0, 0.1) is 0 Å². The Bertz CT molecular complexity index is 228. The molecule has 0 aromatic rings. The molecule has 0 radical (unpaired) electrons. The van der Waals surface area contributed by atoms with E-state index >= 15 is 0 Å². The van der Waals surface area contributed by atoms with Crippen LogP contribution in [0.1, 0.15) is 19.8 Å². The molecule has 0 fully saturated rings. The van der Waals surface area contributed by atoms with Crippen molar-refractivity contribution in [2.45, 2.75) is 19.8 Å². The van der Waals surface area contributed by atoms with Crippen LogP contribution in [0.5, 0.6) is 0 Å². The Morgan fingerprint density at radius 1 is 1.25 bits per heavy atom. The molecule has 1 aliphatic heterocycles. The monoisotopic (exact) mass is 168 g/mol. The predicted octanol–water partition coefficient (Wildman–Crippen LogP) is 0.881. The highest BCUT2D eigenvalue weighted by Crippen LogP contribution is 2.05. The summed E-state index contributed by atoms with van der Waals surface area (Å²) < 4.78 is 4.89. The Balaban J connectivity index is 2.61. The lowest BCUT2D eigenvalue weighted by molar-refractivity contribution is -0.127. The molecule has 0 saturated heterocycles. The van der Waals surface area contributed by atoms with Crippen molar-refractivity contribution in [1.29, 1.82) is 0 Å². The number of Topliss-reactive ketones (excluding diaryl/α,β-unsaturated/α-hetero) is 2. The molecule has 0 spiro atoms. The van der Waals surface area contributed by atoms with E-state index in [-0.39, 0.29) is 24.8 Å². The van der Waals surface area contributed by atoms with Gasteiger partial charge in [-0.05, 0) is 6.92 Å². The maximum absolute atomic E-state index is 11.0. The van der Waals surface area contributed by atoms with Gasteiger partial charge in [-0.15, -0.1) is 0 Å². The third-order valence-corrected chi connectivity index (χ3v) is 1.68. The van der Waals surface area contributed by atoms with Crippen molar-refractivity contribution in [3.05, 3.63) is 11.6 Å². The van der Waals surface area contributed by atoms with Crippen LogP contribution in [-0.2, 0) is 14.3 Å². The van der Waals surface area contributed by atoms with Gasteiger partial charge in [-0.1, -0.05) is 11.6 Å². The Morgan fingerprint density at radius 2 is 1.92 bits per heavy atom. The molecule has 0 aromatic heterocycles. The van der Waals surface area contributed by atoms with Crippen molar-refractivity contribution in [1.82, 2.24) is 0 Å². The normalized spacial score (nSPS) is 25.2. The van der Waals surface area contributed by atoms with E-state index in [0.717, 1.165) is 5.57 Å². The summed E-state index contributed by atoms with van der Waals surface area (Å²) in [7, 11) is 0. The van der Waals surface area contributed by atoms with Gasteiger partial charge in [0.05, 0.1) is 0 Å². The molecule has 0 amide bonds. The first-order valence-electron chi connectivity index (χ1n) is 3.95. The number of carbonyl (C=O) groups is 2. The number of rotatable bonds is 0. The summed E-state index contributed by atoms with van der Waals surface area (Å²) in [4.78, 5) is 22.0. The summed E-state index contributed by atoms with van der Waals surface area (Å²) >= 11 is 0.